The van der Waals surface area contributed by atoms with Crippen molar-refractivity contribution in [2.24, 2.45) is 5.41 Å². The Morgan fingerprint density at radius 1 is 1.09 bits per heavy atom. The molecule has 3 amide bonds. The van der Waals surface area contributed by atoms with Crippen LogP contribution >= 0.6 is 0 Å². The van der Waals surface area contributed by atoms with Crippen LogP contribution in [0.1, 0.15) is 20.8 Å². The van der Waals surface area contributed by atoms with E-state index in [-0.39, 0.29) is 24.2 Å². The van der Waals surface area contributed by atoms with Crippen molar-refractivity contribution in [3.8, 4) is 22.9 Å². The Kier molecular flexibility index (Phi) is 11.1. The Hall–Kier alpha value is -3.95. The number of carbonyl (C=O) groups excluding carboxylic acids is 1. The average Bonchev–Trinajstić information content (AvgIpc) is 3.34. The van der Waals surface area contributed by atoms with Gasteiger partial charge in [-0.2, -0.15) is 0 Å². The Labute approximate surface area is 271 Å². The summed E-state index contributed by atoms with van der Waals surface area (Å²) in [5, 5.41) is 16.2. The molecule has 1 saturated heterocycles. The van der Waals surface area contributed by atoms with Crippen molar-refractivity contribution in [2.45, 2.75) is 59.2 Å². The lowest BCUT2D eigenvalue weighted by Gasteiger charge is -2.46. The average molecular weight is 657 g/mol. The third-order valence-electron chi connectivity index (χ3n) is 8.05. The molecule has 3 N–H and O–H groups in total. The third-order valence-corrected chi connectivity index (χ3v) is 9.75. The highest BCUT2D eigenvalue weighted by molar-refractivity contribution is 6.76. The number of carboxylic acid groups (broad SMARTS) is 1. The number of amides is 3. The molecule has 4 heterocycles. The predicted octanol–water partition coefficient (Wildman–Crippen LogP) is 4.65. The molecule has 0 saturated carbocycles. The molecule has 1 aliphatic rings. The van der Waals surface area contributed by atoms with Gasteiger partial charge < -0.3 is 34.1 Å². The predicted molar refractivity (Wildman–Crippen MR) is 179 cm³/mol. The van der Waals surface area contributed by atoms with Crippen LogP contribution in [0, 0.1) is 5.41 Å². The zero-order valence-corrected chi connectivity index (χ0v) is 29.2. The van der Waals surface area contributed by atoms with Gasteiger partial charge in [-0.1, -0.05) is 40.4 Å². The van der Waals surface area contributed by atoms with Crippen LogP contribution in [0.3, 0.4) is 0 Å². The van der Waals surface area contributed by atoms with Crippen LogP contribution in [0.2, 0.25) is 25.7 Å². The summed E-state index contributed by atoms with van der Waals surface area (Å²) in [6.07, 6.45) is 2.40. The smallest absolute Gasteiger partial charge is 0.407 e. The monoisotopic (exact) mass is 656 g/mol. The van der Waals surface area contributed by atoms with Gasteiger partial charge in [0.1, 0.15) is 30.1 Å². The van der Waals surface area contributed by atoms with Crippen LogP contribution in [0.15, 0.2) is 24.7 Å². The molecule has 15 heteroatoms. The number of methoxy groups -OCH3 is 2. The Bertz CT molecular complexity index is 1500. The van der Waals surface area contributed by atoms with E-state index in [0.717, 1.165) is 17.0 Å². The minimum Gasteiger partial charge on any atom is -0.480 e. The summed E-state index contributed by atoms with van der Waals surface area (Å²) in [6, 6.07) is 4.13. The Balaban J connectivity index is 1.48. The van der Waals surface area contributed by atoms with E-state index in [1.165, 1.54) is 11.2 Å². The van der Waals surface area contributed by atoms with E-state index in [1.54, 1.807) is 20.3 Å². The van der Waals surface area contributed by atoms with E-state index < -0.39 is 14.2 Å². The highest BCUT2D eigenvalue weighted by Gasteiger charge is 2.37. The number of rotatable bonds is 12. The molecule has 0 aromatic carbocycles. The topological polar surface area (TPSA) is 156 Å². The number of hydrogen-bond donors (Lipinski definition) is 3. The third kappa shape index (κ3) is 8.64. The van der Waals surface area contributed by atoms with Gasteiger partial charge in [0.15, 0.2) is 0 Å². The van der Waals surface area contributed by atoms with Gasteiger partial charge in [-0.15, -0.1) is 0 Å². The van der Waals surface area contributed by atoms with Crippen molar-refractivity contribution in [3.63, 3.8) is 0 Å². The lowest BCUT2D eigenvalue weighted by molar-refractivity contribution is 0.0224. The van der Waals surface area contributed by atoms with E-state index in [1.807, 2.05) is 37.6 Å². The second-order valence-corrected chi connectivity index (χ2v) is 19.4. The maximum atomic E-state index is 12.9. The molecule has 1 unspecified atom stereocenters. The normalized spacial score (nSPS) is 16.0. The SMILES string of the molecule is COc1ncnc(OC)c1-c1cn(COCC[Si](C)(C)C)c2nc(NC(=O)NCCN3CCN(C(=O)O)C(C(C)(C)C)C3)ccc12. The van der Waals surface area contributed by atoms with E-state index in [2.05, 4.69) is 45.1 Å². The number of urea groups is 1. The lowest BCUT2D eigenvalue weighted by Crippen LogP contribution is -2.60. The second-order valence-electron chi connectivity index (χ2n) is 13.7. The summed E-state index contributed by atoms with van der Waals surface area (Å²) in [5.41, 5.74) is 1.76. The zero-order chi connectivity index (χ0) is 33.6. The fraction of sp³-hybridized carbons (Fsp3) is 0.581. The molecule has 252 valence electrons. The molecule has 1 atom stereocenters. The van der Waals surface area contributed by atoms with Gasteiger partial charge in [0, 0.05) is 64.6 Å². The molecule has 0 radical (unpaired) electrons. The molecule has 4 rings (SSSR count). The molecule has 14 nitrogen and oxygen atoms in total. The summed E-state index contributed by atoms with van der Waals surface area (Å²) in [5.74, 6) is 1.11. The molecule has 0 aliphatic carbocycles. The number of hydrogen-bond acceptors (Lipinski definition) is 9. The number of aromatic nitrogens is 4. The first-order chi connectivity index (χ1) is 21.7. The summed E-state index contributed by atoms with van der Waals surface area (Å²) < 4.78 is 19.1. The van der Waals surface area contributed by atoms with Crippen LogP contribution in [0.5, 0.6) is 11.8 Å². The fourth-order valence-corrected chi connectivity index (χ4v) is 6.22. The van der Waals surface area contributed by atoms with Gasteiger partial charge in [0.05, 0.1) is 20.3 Å². The van der Waals surface area contributed by atoms with Crippen LogP contribution in [-0.4, -0.2) is 114 Å². The van der Waals surface area contributed by atoms with Crippen molar-refractivity contribution in [1.82, 2.24) is 34.6 Å². The second kappa shape index (κ2) is 14.6. The highest BCUT2D eigenvalue weighted by Crippen LogP contribution is 2.40. The quantitative estimate of drug-likeness (QED) is 0.185. The number of fused-ring (bicyclic) bond motifs is 1. The molecule has 0 spiro atoms. The number of anilines is 1. The van der Waals surface area contributed by atoms with E-state index in [9.17, 15) is 14.7 Å². The first kappa shape index (κ1) is 34.9. The maximum absolute atomic E-state index is 12.9. The number of nitrogens with one attached hydrogen (secondary N) is 2. The van der Waals surface area contributed by atoms with Crippen molar-refractivity contribution in [2.75, 3.05) is 58.9 Å². The molecule has 0 bridgehead atoms. The summed E-state index contributed by atoms with van der Waals surface area (Å²) in [4.78, 5) is 41.7. The minimum atomic E-state index is -1.27. The van der Waals surface area contributed by atoms with Crippen LogP contribution in [-0.2, 0) is 11.5 Å². The molecular weight excluding hydrogens is 608 g/mol. The van der Waals surface area contributed by atoms with Gasteiger partial charge in [-0.05, 0) is 23.6 Å². The van der Waals surface area contributed by atoms with Crippen LogP contribution < -0.4 is 20.1 Å². The molecular formula is C31H48N8O6Si. The van der Waals surface area contributed by atoms with Crippen LogP contribution in [0.25, 0.3) is 22.2 Å². The molecule has 1 fully saturated rings. The lowest BCUT2D eigenvalue weighted by atomic mass is 9.84. The van der Waals surface area contributed by atoms with Gasteiger partial charge in [-0.25, -0.2) is 24.5 Å². The summed E-state index contributed by atoms with van der Waals surface area (Å²) in [6.45, 7) is 16.6. The van der Waals surface area contributed by atoms with E-state index in [4.69, 9.17) is 19.2 Å². The van der Waals surface area contributed by atoms with Gasteiger partial charge in [0.2, 0.25) is 11.8 Å². The van der Waals surface area contributed by atoms with Gasteiger partial charge in [-0.3, -0.25) is 10.2 Å². The Morgan fingerprint density at radius 2 is 1.78 bits per heavy atom. The molecule has 46 heavy (non-hydrogen) atoms. The molecule has 1 aliphatic heterocycles. The zero-order valence-electron chi connectivity index (χ0n) is 28.2. The Morgan fingerprint density at radius 3 is 2.39 bits per heavy atom. The standard InChI is InChI=1S/C31H48N8O6Si/c1-31(2,3)23-18-37(13-14-39(23)30(41)42)12-11-32-29(40)36-24-10-9-21-22(25-27(43-4)33-19-34-28(25)44-5)17-38(26(21)35-24)20-45-15-16-46(6,7)8/h9-10,17,19,23H,11-16,18,20H2,1-8H3,(H,41,42)(H2,32,35,36,40). The first-order valence-electron chi connectivity index (χ1n) is 15.5. The van der Waals surface area contributed by atoms with Crippen molar-refractivity contribution >= 4 is 37.0 Å². The molecule has 3 aromatic heterocycles. The largest absolute Gasteiger partial charge is 0.480 e. The van der Waals surface area contributed by atoms with Crippen molar-refractivity contribution < 1.29 is 28.9 Å². The number of piperazine rings is 1. The number of nitrogens with zero attached hydrogens (tertiary/aromatic N) is 6. The number of pyridine rings is 1. The maximum Gasteiger partial charge on any atom is 0.407 e. The van der Waals surface area contributed by atoms with Gasteiger partial charge in [0.25, 0.3) is 0 Å². The van der Waals surface area contributed by atoms with Crippen LogP contribution in [0.4, 0.5) is 15.4 Å². The highest BCUT2D eigenvalue weighted by atomic mass is 28.3. The summed E-state index contributed by atoms with van der Waals surface area (Å²) in [7, 11) is 1.81. The number of ether oxygens (including phenoxy) is 3. The summed E-state index contributed by atoms with van der Waals surface area (Å²) >= 11 is 0. The van der Waals surface area contributed by atoms with E-state index in [0.29, 0.717) is 68.1 Å². The van der Waals surface area contributed by atoms with Crippen molar-refractivity contribution in [3.05, 3.63) is 24.7 Å². The number of carbonyl (C=O) groups is 2. The first-order valence-corrected chi connectivity index (χ1v) is 19.2. The molecule has 3 aromatic rings. The van der Waals surface area contributed by atoms with Crippen molar-refractivity contribution in [1.29, 1.82) is 0 Å². The minimum absolute atomic E-state index is 0.133. The van der Waals surface area contributed by atoms with Gasteiger partial charge >= 0.3 is 12.1 Å². The van der Waals surface area contributed by atoms with E-state index >= 15 is 0 Å². The fourth-order valence-electron chi connectivity index (χ4n) is 5.47.